The van der Waals surface area contributed by atoms with Gasteiger partial charge >= 0.3 is 6.36 Å². The van der Waals surface area contributed by atoms with Crippen LogP contribution in [0.15, 0.2) is 42.6 Å². The van der Waals surface area contributed by atoms with Gasteiger partial charge in [-0.1, -0.05) is 0 Å². The number of amides is 1. The van der Waals surface area contributed by atoms with Gasteiger partial charge in [0.15, 0.2) is 0 Å². The van der Waals surface area contributed by atoms with Gasteiger partial charge in [-0.3, -0.25) is 4.79 Å². The smallest absolute Gasteiger partial charge is 0.406 e. The molecule has 9 heteroatoms. The number of hydrogen-bond donors (Lipinski definition) is 2. The van der Waals surface area contributed by atoms with Crippen LogP contribution in [-0.2, 0) is 0 Å². The van der Waals surface area contributed by atoms with E-state index in [0.29, 0.717) is 23.6 Å². The largest absolute Gasteiger partial charge is 0.573 e. The zero-order valence-electron chi connectivity index (χ0n) is 14.3. The number of likely N-dealkylation sites (N-methyl/N-ethyl adjacent to an activating group) is 1. The Morgan fingerprint density at radius 1 is 1.19 bits per heavy atom. The molecule has 0 fully saturated rings. The van der Waals surface area contributed by atoms with Crippen molar-refractivity contribution in [1.29, 1.82) is 0 Å². The molecule has 140 valence electrons. The topological polar surface area (TPSA) is 66.5 Å². The molecule has 2 N–H and O–H groups in total. The second kappa shape index (κ2) is 8.52. The van der Waals surface area contributed by atoms with E-state index in [1.54, 1.807) is 18.3 Å². The number of carbonyl (C=O) groups excluding carboxylic acids is 1. The summed E-state index contributed by atoms with van der Waals surface area (Å²) in [6, 6.07) is 8.15. The van der Waals surface area contributed by atoms with Crippen molar-refractivity contribution in [1.82, 2.24) is 9.88 Å². The Morgan fingerprint density at radius 3 is 2.50 bits per heavy atom. The minimum Gasteiger partial charge on any atom is -0.406 e. The lowest BCUT2D eigenvalue weighted by Crippen LogP contribution is -2.23. The van der Waals surface area contributed by atoms with Crippen molar-refractivity contribution in [3.8, 4) is 5.75 Å². The molecule has 2 aromatic rings. The maximum atomic E-state index is 12.4. The number of pyridine rings is 1. The van der Waals surface area contributed by atoms with Gasteiger partial charge in [-0.05, 0) is 50.5 Å². The average molecular weight is 368 g/mol. The summed E-state index contributed by atoms with van der Waals surface area (Å²) in [4.78, 5) is 18.6. The van der Waals surface area contributed by atoms with Crippen molar-refractivity contribution >= 4 is 17.4 Å². The van der Waals surface area contributed by atoms with Gasteiger partial charge in [0, 0.05) is 25.0 Å². The zero-order valence-corrected chi connectivity index (χ0v) is 14.3. The molecule has 0 spiro atoms. The maximum Gasteiger partial charge on any atom is 0.573 e. The number of rotatable bonds is 7. The number of aromatic nitrogens is 1. The normalized spacial score (nSPS) is 11.3. The van der Waals surface area contributed by atoms with Gasteiger partial charge in [-0.2, -0.15) is 0 Å². The van der Waals surface area contributed by atoms with Gasteiger partial charge in [-0.25, -0.2) is 4.98 Å². The molecule has 0 aliphatic heterocycles. The number of ether oxygens (including phenoxy) is 1. The van der Waals surface area contributed by atoms with Crippen LogP contribution < -0.4 is 15.4 Å². The minimum atomic E-state index is -4.76. The van der Waals surface area contributed by atoms with E-state index >= 15 is 0 Å². The lowest BCUT2D eigenvalue weighted by Gasteiger charge is -2.14. The fourth-order valence-corrected chi connectivity index (χ4v) is 2.07. The summed E-state index contributed by atoms with van der Waals surface area (Å²) in [6.07, 6.45) is -3.19. The molecule has 0 atom stereocenters. The van der Waals surface area contributed by atoms with Crippen LogP contribution in [-0.4, -0.2) is 49.3 Å². The quantitative estimate of drug-likeness (QED) is 0.786. The molecule has 0 aliphatic rings. The molecule has 1 aromatic heterocycles. The first kappa shape index (κ1) is 19.5. The number of nitrogens with zero attached hydrogens (tertiary/aromatic N) is 2. The van der Waals surface area contributed by atoms with Crippen molar-refractivity contribution in [2.75, 3.05) is 37.8 Å². The van der Waals surface area contributed by atoms with Gasteiger partial charge < -0.3 is 20.3 Å². The van der Waals surface area contributed by atoms with E-state index in [0.717, 1.165) is 18.7 Å². The Morgan fingerprint density at radius 2 is 1.88 bits per heavy atom. The first-order valence-corrected chi connectivity index (χ1v) is 7.75. The summed E-state index contributed by atoms with van der Waals surface area (Å²) < 4.78 is 40.3. The summed E-state index contributed by atoms with van der Waals surface area (Å²) in [5.41, 5.74) is 0.675. The summed E-state index contributed by atoms with van der Waals surface area (Å²) in [5.74, 6) is -0.346. The minimum absolute atomic E-state index is 0.335. The van der Waals surface area contributed by atoms with E-state index in [1.165, 1.54) is 12.1 Å². The molecule has 0 saturated heterocycles. The Balaban J connectivity index is 2.03. The Kier molecular flexibility index (Phi) is 6.40. The fourth-order valence-electron chi connectivity index (χ4n) is 2.07. The van der Waals surface area contributed by atoms with Crippen molar-refractivity contribution in [3.05, 3.63) is 48.2 Å². The number of anilines is 2. The van der Waals surface area contributed by atoms with Crippen molar-refractivity contribution in [2.24, 2.45) is 0 Å². The Labute approximate surface area is 149 Å². The van der Waals surface area contributed by atoms with Crippen LogP contribution in [0.5, 0.6) is 5.75 Å². The lowest BCUT2D eigenvalue weighted by atomic mass is 10.2. The van der Waals surface area contributed by atoms with Crippen molar-refractivity contribution in [2.45, 2.75) is 6.36 Å². The van der Waals surface area contributed by atoms with E-state index < -0.39 is 12.3 Å². The predicted octanol–water partition coefficient (Wildman–Crippen LogP) is 3.21. The van der Waals surface area contributed by atoms with Crippen LogP contribution in [0.4, 0.5) is 24.7 Å². The van der Waals surface area contributed by atoms with Crippen molar-refractivity contribution < 1.29 is 22.7 Å². The van der Waals surface area contributed by atoms with E-state index in [4.69, 9.17) is 0 Å². The van der Waals surface area contributed by atoms with E-state index in [2.05, 4.69) is 20.4 Å². The molecule has 6 nitrogen and oxygen atoms in total. The average Bonchev–Trinajstić information content (AvgIpc) is 2.55. The number of benzene rings is 1. The second-order valence-electron chi connectivity index (χ2n) is 5.66. The molecule has 1 aromatic carbocycles. The van der Waals surface area contributed by atoms with Gasteiger partial charge in [0.05, 0.1) is 5.56 Å². The fraction of sp³-hybridized carbons (Fsp3) is 0.294. The SMILES string of the molecule is CN(C)CCNc1ncccc1C(=O)Nc1ccc(OC(F)(F)F)cc1. The molecule has 0 aliphatic carbocycles. The predicted molar refractivity (Wildman–Crippen MR) is 92.4 cm³/mol. The number of nitrogens with one attached hydrogen (secondary N) is 2. The highest BCUT2D eigenvalue weighted by Crippen LogP contribution is 2.24. The first-order chi connectivity index (χ1) is 12.2. The standard InChI is InChI=1S/C17H19F3N4O2/c1-24(2)11-10-22-15-14(4-3-9-21-15)16(25)23-12-5-7-13(8-6-12)26-17(18,19)20/h3-9H,10-11H2,1-2H3,(H,21,22)(H,23,25). The number of carbonyl (C=O) groups is 1. The van der Waals surface area contributed by atoms with Gasteiger partial charge in [0.1, 0.15) is 11.6 Å². The molecule has 0 unspecified atom stereocenters. The van der Waals surface area contributed by atoms with Crippen LogP contribution in [0.2, 0.25) is 0 Å². The van der Waals surface area contributed by atoms with Crippen LogP contribution in [0, 0.1) is 0 Å². The number of hydrogen-bond acceptors (Lipinski definition) is 5. The summed E-state index contributed by atoms with van der Waals surface area (Å²) in [7, 11) is 3.86. The summed E-state index contributed by atoms with van der Waals surface area (Å²) >= 11 is 0. The lowest BCUT2D eigenvalue weighted by molar-refractivity contribution is -0.274. The van der Waals surface area contributed by atoms with Gasteiger partial charge in [0.25, 0.3) is 5.91 Å². The molecule has 0 radical (unpaired) electrons. The van der Waals surface area contributed by atoms with Gasteiger partial charge in [0.2, 0.25) is 0 Å². The summed E-state index contributed by atoms with van der Waals surface area (Å²) in [6.45, 7) is 1.37. The Bertz CT molecular complexity index is 734. The van der Waals surface area contributed by atoms with Crippen LogP contribution in [0.3, 0.4) is 0 Å². The molecule has 0 saturated carbocycles. The first-order valence-electron chi connectivity index (χ1n) is 7.75. The third-order valence-corrected chi connectivity index (χ3v) is 3.25. The molecule has 1 heterocycles. The highest BCUT2D eigenvalue weighted by atomic mass is 19.4. The van der Waals surface area contributed by atoms with E-state index in [-0.39, 0.29) is 5.75 Å². The molecule has 1 amide bonds. The van der Waals surface area contributed by atoms with E-state index in [1.807, 2.05) is 19.0 Å². The van der Waals surface area contributed by atoms with E-state index in [9.17, 15) is 18.0 Å². The zero-order chi connectivity index (χ0) is 19.2. The molecular weight excluding hydrogens is 349 g/mol. The molecular formula is C17H19F3N4O2. The van der Waals surface area contributed by atoms with Crippen LogP contribution >= 0.6 is 0 Å². The van der Waals surface area contributed by atoms with Gasteiger partial charge in [-0.15, -0.1) is 13.2 Å². The third kappa shape index (κ3) is 6.25. The number of alkyl halides is 3. The summed E-state index contributed by atoms with van der Waals surface area (Å²) in [5, 5.41) is 5.71. The molecule has 2 rings (SSSR count). The van der Waals surface area contributed by atoms with Crippen molar-refractivity contribution in [3.63, 3.8) is 0 Å². The highest BCUT2D eigenvalue weighted by Gasteiger charge is 2.31. The maximum absolute atomic E-state index is 12.4. The Hall–Kier alpha value is -2.81. The molecule has 26 heavy (non-hydrogen) atoms. The highest BCUT2D eigenvalue weighted by molar-refractivity contribution is 6.07. The van der Waals surface area contributed by atoms with Crippen LogP contribution in [0.1, 0.15) is 10.4 Å². The second-order valence-corrected chi connectivity index (χ2v) is 5.66. The van der Waals surface area contributed by atoms with Crippen LogP contribution in [0.25, 0.3) is 0 Å². The molecule has 0 bridgehead atoms. The third-order valence-electron chi connectivity index (χ3n) is 3.25. The monoisotopic (exact) mass is 368 g/mol. The number of halogens is 3.